The molecule has 0 aromatic carbocycles. The lowest BCUT2D eigenvalue weighted by Gasteiger charge is -2.25. The fourth-order valence-corrected chi connectivity index (χ4v) is 1.85. The Morgan fingerprint density at radius 1 is 1.77 bits per heavy atom. The summed E-state index contributed by atoms with van der Waals surface area (Å²) in [7, 11) is 1.66. The van der Waals surface area contributed by atoms with Gasteiger partial charge < -0.3 is 9.64 Å². The van der Waals surface area contributed by atoms with E-state index in [-0.39, 0.29) is 11.9 Å². The largest absolute Gasteiger partial charge is 0.383 e. The molecule has 1 fully saturated rings. The van der Waals surface area contributed by atoms with E-state index in [1.165, 1.54) is 0 Å². The molecular formula is C9H16ClNO2. The summed E-state index contributed by atoms with van der Waals surface area (Å²) in [5.74, 6) is 0.0289. The van der Waals surface area contributed by atoms with Crippen molar-refractivity contribution in [3.8, 4) is 0 Å². The van der Waals surface area contributed by atoms with Crippen molar-refractivity contribution in [3.63, 3.8) is 0 Å². The third-order valence-electron chi connectivity index (χ3n) is 2.36. The molecule has 1 aliphatic rings. The molecular weight excluding hydrogens is 190 g/mol. The van der Waals surface area contributed by atoms with Gasteiger partial charge in [-0.25, -0.2) is 0 Å². The van der Waals surface area contributed by atoms with Crippen molar-refractivity contribution < 1.29 is 9.53 Å². The number of alkyl halides is 1. The molecule has 0 aliphatic carbocycles. The topological polar surface area (TPSA) is 29.5 Å². The first-order valence-electron chi connectivity index (χ1n) is 4.60. The van der Waals surface area contributed by atoms with Gasteiger partial charge in [0.2, 0.25) is 5.91 Å². The van der Waals surface area contributed by atoms with Gasteiger partial charge in [-0.05, 0) is 19.8 Å². The molecule has 3 nitrogen and oxygen atoms in total. The van der Waals surface area contributed by atoms with Crippen molar-refractivity contribution in [3.05, 3.63) is 0 Å². The number of amides is 1. The summed E-state index contributed by atoms with van der Waals surface area (Å²) in [4.78, 5) is 13.4. The number of ether oxygens (including phenoxy) is 1. The predicted octanol–water partition coefficient (Wildman–Crippen LogP) is 1.25. The second kappa shape index (κ2) is 4.82. The van der Waals surface area contributed by atoms with E-state index in [1.807, 2.05) is 4.90 Å². The lowest BCUT2D eigenvalue weighted by atomic mass is 10.2. The Hall–Kier alpha value is -0.280. The second-order valence-corrected chi connectivity index (χ2v) is 4.05. The molecule has 4 heteroatoms. The highest BCUT2D eigenvalue weighted by molar-refractivity contribution is 6.30. The smallest absolute Gasteiger partial charge is 0.240 e. The maximum absolute atomic E-state index is 11.6. The lowest BCUT2D eigenvalue weighted by Crippen LogP contribution is -2.41. The highest BCUT2D eigenvalue weighted by atomic mass is 35.5. The number of nitrogens with zero attached hydrogens (tertiary/aromatic N) is 1. The first kappa shape index (κ1) is 10.8. The number of hydrogen-bond donors (Lipinski definition) is 0. The van der Waals surface area contributed by atoms with Crippen LogP contribution in [0.4, 0.5) is 0 Å². The molecule has 1 heterocycles. The zero-order valence-electron chi connectivity index (χ0n) is 8.12. The Bertz CT molecular complexity index is 184. The molecule has 13 heavy (non-hydrogen) atoms. The van der Waals surface area contributed by atoms with Crippen LogP contribution in [0.25, 0.3) is 0 Å². The van der Waals surface area contributed by atoms with Crippen molar-refractivity contribution in [2.75, 3.05) is 20.3 Å². The highest BCUT2D eigenvalue weighted by Gasteiger charge is 2.30. The fourth-order valence-electron chi connectivity index (χ4n) is 1.72. The van der Waals surface area contributed by atoms with E-state index >= 15 is 0 Å². The van der Waals surface area contributed by atoms with Gasteiger partial charge in [0, 0.05) is 13.7 Å². The van der Waals surface area contributed by atoms with Crippen LogP contribution in [-0.4, -0.2) is 42.5 Å². The molecule has 1 saturated heterocycles. The molecule has 0 bridgehead atoms. The average molecular weight is 206 g/mol. The van der Waals surface area contributed by atoms with E-state index in [2.05, 4.69) is 0 Å². The van der Waals surface area contributed by atoms with Crippen molar-refractivity contribution >= 4 is 17.5 Å². The number of rotatable bonds is 3. The van der Waals surface area contributed by atoms with Crippen molar-refractivity contribution in [1.29, 1.82) is 0 Å². The van der Waals surface area contributed by atoms with E-state index in [0.29, 0.717) is 6.61 Å². The number of halogens is 1. The Balaban J connectivity index is 2.52. The molecule has 1 amide bonds. The van der Waals surface area contributed by atoms with Gasteiger partial charge in [-0.15, -0.1) is 11.6 Å². The molecule has 0 aromatic rings. The molecule has 2 atom stereocenters. The quantitative estimate of drug-likeness (QED) is 0.650. The summed E-state index contributed by atoms with van der Waals surface area (Å²) in [6.45, 7) is 3.16. The Morgan fingerprint density at radius 2 is 2.46 bits per heavy atom. The van der Waals surface area contributed by atoms with Gasteiger partial charge in [-0.1, -0.05) is 0 Å². The minimum atomic E-state index is -0.419. The highest BCUT2D eigenvalue weighted by Crippen LogP contribution is 2.19. The number of carbonyl (C=O) groups excluding carboxylic acids is 1. The van der Waals surface area contributed by atoms with Gasteiger partial charge in [0.15, 0.2) is 0 Å². The SMILES string of the molecule is COCC1CCCN1C(=O)C(C)Cl. The van der Waals surface area contributed by atoms with E-state index < -0.39 is 5.38 Å². The van der Waals surface area contributed by atoms with Gasteiger partial charge in [0.05, 0.1) is 12.6 Å². The maximum Gasteiger partial charge on any atom is 0.240 e. The van der Waals surface area contributed by atoms with Crippen LogP contribution in [0.1, 0.15) is 19.8 Å². The lowest BCUT2D eigenvalue weighted by molar-refractivity contribution is -0.132. The van der Waals surface area contributed by atoms with Gasteiger partial charge in [0.1, 0.15) is 5.38 Å². The zero-order chi connectivity index (χ0) is 9.84. The Morgan fingerprint density at radius 3 is 3.00 bits per heavy atom. The molecule has 0 saturated carbocycles. The summed E-state index contributed by atoms with van der Waals surface area (Å²) in [6.07, 6.45) is 2.09. The number of carbonyl (C=O) groups is 1. The van der Waals surface area contributed by atoms with Crippen molar-refractivity contribution in [2.24, 2.45) is 0 Å². The molecule has 0 spiro atoms. The molecule has 0 radical (unpaired) electrons. The van der Waals surface area contributed by atoms with Crippen molar-refractivity contribution in [2.45, 2.75) is 31.2 Å². The third kappa shape index (κ3) is 2.58. The van der Waals surface area contributed by atoms with Crippen molar-refractivity contribution in [1.82, 2.24) is 4.90 Å². The Kier molecular flexibility index (Phi) is 4.00. The van der Waals surface area contributed by atoms with Crippen LogP contribution in [-0.2, 0) is 9.53 Å². The number of likely N-dealkylation sites (tertiary alicyclic amines) is 1. The normalized spacial score (nSPS) is 24.8. The third-order valence-corrected chi connectivity index (χ3v) is 2.55. The summed E-state index contributed by atoms with van der Waals surface area (Å²) >= 11 is 5.74. The summed E-state index contributed by atoms with van der Waals surface area (Å²) in [6, 6.07) is 0.235. The standard InChI is InChI=1S/C9H16ClNO2/c1-7(10)9(12)11-5-3-4-8(11)6-13-2/h7-8H,3-6H2,1-2H3. The van der Waals surface area contributed by atoms with E-state index in [0.717, 1.165) is 19.4 Å². The summed E-state index contributed by atoms with van der Waals surface area (Å²) < 4.78 is 5.05. The molecule has 2 unspecified atom stereocenters. The van der Waals surface area contributed by atoms with E-state index in [1.54, 1.807) is 14.0 Å². The van der Waals surface area contributed by atoms with E-state index in [4.69, 9.17) is 16.3 Å². The molecule has 0 N–H and O–H groups in total. The van der Waals surface area contributed by atoms with E-state index in [9.17, 15) is 4.79 Å². The predicted molar refractivity (Wildman–Crippen MR) is 51.9 cm³/mol. The van der Waals surface area contributed by atoms with Gasteiger partial charge in [-0.2, -0.15) is 0 Å². The maximum atomic E-state index is 11.6. The molecule has 1 aliphatic heterocycles. The number of hydrogen-bond acceptors (Lipinski definition) is 2. The average Bonchev–Trinajstić information content (AvgIpc) is 2.52. The summed E-state index contributed by atoms with van der Waals surface area (Å²) in [5.41, 5.74) is 0. The van der Waals surface area contributed by atoms with Crippen LogP contribution in [0.5, 0.6) is 0 Å². The Labute approximate surface area is 84.0 Å². The second-order valence-electron chi connectivity index (χ2n) is 3.40. The van der Waals surface area contributed by atoms with Crippen LogP contribution in [0.3, 0.4) is 0 Å². The zero-order valence-corrected chi connectivity index (χ0v) is 8.88. The monoisotopic (exact) mass is 205 g/mol. The van der Waals surface area contributed by atoms with Gasteiger partial charge in [0.25, 0.3) is 0 Å². The van der Waals surface area contributed by atoms with Crippen LogP contribution >= 0.6 is 11.6 Å². The molecule has 76 valence electrons. The van der Waals surface area contributed by atoms with Crippen LogP contribution < -0.4 is 0 Å². The fraction of sp³-hybridized carbons (Fsp3) is 0.889. The van der Waals surface area contributed by atoms with Crippen LogP contribution in [0, 0.1) is 0 Å². The molecule has 0 aromatic heterocycles. The van der Waals surface area contributed by atoms with Crippen LogP contribution in [0.15, 0.2) is 0 Å². The summed E-state index contributed by atoms with van der Waals surface area (Å²) in [5, 5.41) is -0.419. The first-order chi connectivity index (χ1) is 6.16. The minimum Gasteiger partial charge on any atom is -0.383 e. The first-order valence-corrected chi connectivity index (χ1v) is 5.04. The van der Waals surface area contributed by atoms with Crippen LogP contribution in [0.2, 0.25) is 0 Å². The molecule has 1 rings (SSSR count). The number of methoxy groups -OCH3 is 1. The minimum absolute atomic E-state index is 0.0289. The van der Waals surface area contributed by atoms with Gasteiger partial charge >= 0.3 is 0 Å². The van der Waals surface area contributed by atoms with Gasteiger partial charge in [-0.3, -0.25) is 4.79 Å².